The van der Waals surface area contributed by atoms with Crippen molar-refractivity contribution in [3.05, 3.63) is 67.9 Å². The van der Waals surface area contributed by atoms with Gasteiger partial charge in [0.1, 0.15) is 0 Å². The zero-order chi connectivity index (χ0) is 22.1. The second-order valence-electron chi connectivity index (χ2n) is 8.69. The van der Waals surface area contributed by atoms with E-state index < -0.39 is 15.8 Å². The highest BCUT2D eigenvalue weighted by Gasteiger charge is 2.67. The van der Waals surface area contributed by atoms with E-state index in [2.05, 4.69) is 19.2 Å². The number of nitrogens with one attached hydrogen (secondary N) is 1. The highest BCUT2D eigenvalue weighted by atomic mass is 35.5. The number of carbonyl (C=O) groups excluding carboxylic acids is 1. The lowest BCUT2D eigenvalue weighted by Gasteiger charge is -2.36. The normalized spacial score (nSPS) is 23.0. The Morgan fingerprint density at radius 2 is 1.74 bits per heavy atom. The van der Waals surface area contributed by atoms with Crippen LogP contribution in [0.4, 0.5) is 11.4 Å². The molecule has 2 unspecified atom stereocenters. The van der Waals surface area contributed by atoms with Crippen molar-refractivity contribution in [2.45, 2.75) is 38.0 Å². The minimum absolute atomic E-state index is 0.0310. The van der Waals surface area contributed by atoms with Crippen molar-refractivity contribution >= 4 is 51.5 Å². The molecule has 0 saturated heterocycles. The van der Waals surface area contributed by atoms with Crippen LogP contribution in [0.3, 0.4) is 0 Å². The quantitative estimate of drug-likeness (QED) is 0.406. The summed E-state index contributed by atoms with van der Waals surface area (Å²) in [7, 11) is 0. The summed E-state index contributed by atoms with van der Waals surface area (Å²) in [5, 5.41) is 14.7. The first-order chi connectivity index (χ1) is 14.6. The lowest BCUT2D eigenvalue weighted by atomic mass is 9.67. The molecule has 0 spiro atoms. The molecule has 31 heavy (non-hydrogen) atoms. The number of nitro groups is 1. The van der Waals surface area contributed by atoms with Gasteiger partial charge in [0.05, 0.1) is 42.8 Å². The van der Waals surface area contributed by atoms with E-state index in [1.807, 2.05) is 0 Å². The van der Waals surface area contributed by atoms with Crippen LogP contribution in [-0.2, 0) is 10.2 Å². The molecule has 2 atom stereocenters. The molecular weight excluding hydrogens is 439 g/mol. The summed E-state index contributed by atoms with van der Waals surface area (Å²) in [6, 6.07) is 9.20. The molecule has 2 bridgehead atoms. The molecule has 2 aromatic carbocycles. The Morgan fingerprint density at radius 1 is 1.13 bits per heavy atom. The first-order valence-corrected chi connectivity index (χ1v) is 10.6. The van der Waals surface area contributed by atoms with Gasteiger partial charge in [-0.05, 0) is 42.5 Å². The SMILES string of the molecule is CC1(C)C2CCC1(C(=O)Nc1ccc([N+](=O)[O-])cc1)c1nc3cc(Cl)c(Cl)cc3nc12. The largest absolute Gasteiger partial charge is 0.325 e. The van der Waals surface area contributed by atoms with Crippen LogP contribution in [0.25, 0.3) is 11.0 Å². The summed E-state index contributed by atoms with van der Waals surface area (Å²) in [6.45, 7) is 4.15. The van der Waals surface area contributed by atoms with Crippen LogP contribution in [0.15, 0.2) is 36.4 Å². The molecule has 2 aliphatic rings. The maximum Gasteiger partial charge on any atom is 0.269 e. The van der Waals surface area contributed by atoms with Crippen LogP contribution < -0.4 is 5.32 Å². The van der Waals surface area contributed by atoms with Gasteiger partial charge in [-0.1, -0.05) is 37.0 Å². The number of non-ortho nitro benzene ring substituents is 1. The van der Waals surface area contributed by atoms with Crippen molar-refractivity contribution in [1.29, 1.82) is 0 Å². The topological polar surface area (TPSA) is 98.0 Å². The van der Waals surface area contributed by atoms with Gasteiger partial charge in [0.2, 0.25) is 5.91 Å². The number of anilines is 1. The van der Waals surface area contributed by atoms with E-state index in [9.17, 15) is 14.9 Å². The summed E-state index contributed by atoms with van der Waals surface area (Å²) in [5.74, 6) is -0.0854. The number of rotatable bonds is 3. The van der Waals surface area contributed by atoms with E-state index in [1.54, 1.807) is 12.1 Å². The maximum absolute atomic E-state index is 13.7. The van der Waals surface area contributed by atoms with Crippen LogP contribution in [0.1, 0.15) is 44.0 Å². The molecule has 1 N–H and O–H groups in total. The van der Waals surface area contributed by atoms with Crippen LogP contribution in [0.2, 0.25) is 10.0 Å². The Hall–Kier alpha value is -2.77. The number of halogens is 2. The molecule has 5 rings (SSSR count). The molecule has 1 saturated carbocycles. The smallest absolute Gasteiger partial charge is 0.269 e. The predicted octanol–water partition coefficient (Wildman–Crippen LogP) is 5.64. The van der Waals surface area contributed by atoms with E-state index in [4.69, 9.17) is 33.2 Å². The zero-order valence-corrected chi connectivity index (χ0v) is 18.3. The van der Waals surface area contributed by atoms with Crippen LogP contribution >= 0.6 is 23.2 Å². The molecule has 1 heterocycles. The molecular formula is C22H18Cl2N4O3. The number of fused-ring (bicyclic) bond motifs is 6. The zero-order valence-electron chi connectivity index (χ0n) is 16.8. The number of nitrogens with zero attached hydrogens (tertiary/aromatic N) is 3. The highest BCUT2D eigenvalue weighted by molar-refractivity contribution is 6.42. The Morgan fingerprint density at radius 3 is 2.35 bits per heavy atom. The van der Waals surface area contributed by atoms with Crippen LogP contribution in [0, 0.1) is 15.5 Å². The van der Waals surface area contributed by atoms with Gasteiger partial charge in [0.25, 0.3) is 5.69 Å². The number of hydrogen-bond donors (Lipinski definition) is 1. The van der Waals surface area contributed by atoms with Gasteiger partial charge in [-0.3, -0.25) is 14.9 Å². The number of aromatic nitrogens is 2. The van der Waals surface area contributed by atoms with Crippen molar-refractivity contribution in [1.82, 2.24) is 9.97 Å². The molecule has 158 valence electrons. The minimum atomic E-state index is -0.859. The lowest BCUT2D eigenvalue weighted by Crippen LogP contribution is -2.46. The molecule has 0 radical (unpaired) electrons. The first kappa shape index (κ1) is 20.2. The predicted molar refractivity (Wildman–Crippen MR) is 119 cm³/mol. The third kappa shape index (κ3) is 2.69. The van der Waals surface area contributed by atoms with Crippen LogP contribution in [0.5, 0.6) is 0 Å². The summed E-state index contributed by atoms with van der Waals surface area (Å²) < 4.78 is 0. The molecule has 2 aliphatic carbocycles. The average molecular weight is 457 g/mol. The summed E-state index contributed by atoms with van der Waals surface area (Å²) in [6.07, 6.45) is 1.48. The van der Waals surface area contributed by atoms with E-state index in [1.165, 1.54) is 24.3 Å². The second-order valence-corrected chi connectivity index (χ2v) is 9.50. The van der Waals surface area contributed by atoms with Crippen molar-refractivity contribution in [3.63, 3.8) is 0 Å². The molecule has 1 aromatic heterocycles. The third-order valence-electron chi connectivity index (χ3n) is 6.97. The molecule has 9 heteroatoms. The van der Waals surface area contributed by atoms with Crippen molar-refractivity contribution in [3.8, 4) is 0 Å². The van der Waals surface area contributed by atoms with Crippen LogP contribution in [-0.4, -0.2) is 20.8 Å². The van der Waals surface area contributed by atoms with E-state index in [0.717, 1.165) is 12.1 Å². The maximum atomic E-state index is 13.7. The number of carbonyl (C=O) groups is 1. The van der Waals surface area contributed by atoms with E-state index in [-0.39, 0.29) is 17.5 Å². The Bertz CT molecular complexity index is 1280. The summed E-state index contributed by atoms with van der Waals surface area (Å²) >= 11 is 12.4. The first-order valence-electron chi connectivity index (χ1n) is 9.88. The van der Waals surface area contributed by atoms with E-state index in [0.29, 0.717) is 38.9 Å². The van der Waals surface area contributed by atoms with Gasteiger partial charge in [0, 0.05) is 23.7 Å². The summed E-state index contributed by atoms with van der Waals surface area (Å²) in [4.78, 5) is 33.8. The molecule has 3 aromatic rings. The number of nitro benzene ring substituents is 1. The molecule has 1 fully saturated rings. The fourth-order valence-corrected chi connectivity index (χ4v) is 5.60. The Balaban J connectivity index is 1.61. The van der Waals surface area contributed by atoms with Gasteiger partial charge in [-0.2, -0.15) is 0 Å². The third-order valence-corrected chi connectivity index (χ3v) is 7.69. The fourth-order valence-electron chi connectivity index (χ4n) is 5.28. The van der Waals surface area contributed by atoms with Crippen molar-refractivity contribution in [2.24, 2.45) is 5.41 Å². The number of amides is 1. The second kappa shape index (κ2) is 6.61. The molecule has 1 amide bonds. The van der Waals surface area contributed by atoms with Gasteiger partial charge in [-0.25, -0.2) is 9.97 Å². The lowest BCUT2D eigenvalue weighted by molar-refractivity contribution is -0.384. The Labute approximate surface area is 187 Å². The molecule has 7 nitrogen and oxygen atoms in total. The summed E-state index contributed by atoms with van der Waals surface area (Å²) in [5.41, 5.74) is 1.98. The van der Waals surface area contributed by atoms with E-state index >= 15 is 0 Å². The van der Waals surface area contributed by atoms with Gasteiger partial charge in [0.15, 0.2) is 0 Å². The highest BCUT2D eigenvalue weighted by Crippen LogP contribution is 2.67. The number of benzene rings is 2. The standard InChI is InChI=1S/C22H18Cl2N4O3/c1-21(2)13-7-8-22(21,20(29)25-11-3-5-12(6-4-11)28(30)31)19-18(13)26-16-9-14(23)15(24)10-17(16)27-19/h3-6,9-10,13H,7-8H2,1-2H3,(H,25,29). The van der Waals surface area contributed by atoms with Crippen molar-refractivity contribution in [2.75, 3.05) is 5.32 Å². The number of hydrogen-bond acceptors (Lipinski definition) is 5. The van der Waals surface area contributed by atoms with Crippen molar-refractivity contribution < 1.29 is 9.72 Å². The Kier molecular flexibility index (Phi) is 4.30. The van der Waals surface area contributed by atoms with Gasteiger partial charge in [-0.15, -0.1) is 0 Å². The van der Waals surface area contributed by atoms with Gasteiger partial charge >= 0.3 is 0 Å². The monoisotopic (exact) mass is 456 g/mol. The molecule has 0 aliphatic heterocycles. The van der Waals surface area contributed by atoms with Gasteiger partial charge < -0.3 is 5.32 Å². The average Bonchev–Trinajstić information content (AvgIpc) is 3.09. The minimum Gasteiger partial charge on any atom is -0.325 e. The fraction of sp³-hybridized carbons (Fsp3) is 0.318.